The van der Waals surface area contributed by atoms with E-state index < -0.39 is 10.0 Å². The number of nitrogens with zero attached hydrogens (tertiary/aromatic N) is 2. The zero-order chi connectivity index (χ0) is 20.7. The Morgan fingerprint density at radius 2 is 1.80 bits per heavy atom. The summed E-state index contributed by atoms with van der Waals surface area (Å²) in [5, 5.41) is 9.34. The molecule has 2 aromatic carbocycles. The number of halogens is 1. The molecular formula is C22H33IN4O2S. The van der Waals surface area contributed by atoms with Crippen LogP contribution in [-0.2, 0) is 16.4 Å². The number of fused-ring (bicyclic) bond motifs is 1. The van der Waals surface area contributed by atoms with Gasteiger partial charge in [0.2, 0.25) is 10.0 Å². The second kappa shape index (κ2) is 11.9. The van der Waals surface area contributed by atoms with Crippen molar-refractivity contribution in [3.05, 3.63) is 48.0 Å². The fourth-order valence-electron chi connectivity index (χ4n) is 3.77. The monoisotopic (exact) mass is 544 g/mol. The molecule has 8 heteroatoms. The van der Waals surface area contributed by atoms with Crippen molar-refractivity contribution in [2.45, 2.75) is 39.2 Å². The minimum atomic E-state index is -3.09. The third-order valence-corrected chi connectivity index (χ3v) is 7.31. The molecule has 0 bridgehead atoms. The van der Waals surface area contributed by atoms with Gasteiger partial charge in [-0.25, -0.2) is 12.7 Å². The minimum Gasteiger partial charge on any atom is -0.357 e. The second-order valence-corrected chi connectivity index (χ2v) is 9.62. The number of sulfonamides is 1. The van der Waals surface area contributed by atoms with Crippen LogP contribution in [0.25, 0.3) is 10.8 Å². The Morgan fingerprint density at radius 1 is 1.10 bits per heavy atom. The molecule has 0 atom stereocenters. The first kappa shape index (κ1) is 24.9. The first-order valence-corrected chi connectivity index (χ1v) is 12.1. The van der Waals surface area contributed by atoms with E-state index in [9.17, 15) is 8.42 Å². The Bertz CT molecular complexity index is 936. The fourth-order valence-corrected chi connectivity index (χ4v) is 4.91. The van der Waals surface area contributed by atoms with Crippen molar-refractivity contribution in [3.63, 3.8) is 0 Å². The summed E-state index contributed by atoms with van der Waals surface area (Å²) in [5.74, 6) is 0.980. The topological polar surface area (TPSA) is 73.8 Å². The summed E-state index contributed by atoms with van der Waals surface area (Å²) in [6.45, 7) is 6.39. The normalized spacial score (nSPS) is 16.3. The Morgan fingerprint density at radius 3 is 2.50 bits per heavy atom. The summed E-state index contributed by atoms with van der Waals surface area (Å²) >= 11 is 0. The summed E-state index contributed by atoms with van der Waals surface area (Å²) in [4.78, 5) is 4.76. The predicted octanol–water partition coefficient (Wildman–Crippen LogP) is 3.37. The third-order valence-electron chi connectivity index (χ3n) is 5.43. The van der Waals surface area contributed by atoms with Crippen molar-refractivity contribution in [1.29, 1.82) is 0 Å². The lowest BCUT2D eigenvalue weighted by atomic mass is 10.0. The first-order valence-electron chi connectivity index (χ1n) is 10.5. The van der Waals surface area contributed by atoms with Crippen molar-refractivity contribution >= 4 is 50.7 Å². The predicted molar refractivity (Wildman–Crippen MR) is 136 cm³/mol. The van der Waals surface area contributed by atoms with Crippen molar-refractivity contribution in [1.82, 2.24) is 14.9 Å². The molecule has 0 radical (unpaired) electrons. The lowest BCUT2D eigenvalue weighted by Gasteiger charge is -2.32. The van der Waals surface area contributed by atoms with E-state index in [1.54, 1.807) is 11.2 Å². The van der Waals surface area contributed by atoms with Crippen LogP contribution < -0.4 is 10.6 Å². The summed E-state index contributed by atoms with van der Waals surface area (Å²) in [7, 11) is -3.09. The number of nitrogens with one attached hydrogen (secondary N) is 2. The smallest absolute Gasteiger partial charge is 0.213 e. The highest BCUT2D eigenvalue weighted by Gasteiger charge is 2.26. The molecule has 0 saturated carbocycles. The molecule has 0 aromatic heterocycles. The number of hydrogen-bond acceptors (Lipinski definition) is 3. The maximum Gasteiger partial charge on any atom is 0.213 e. The molecule has 0 aliphatic carbocycles. The number of rotatable bonds is 7. The molecule has 1 fully saturated rings. The van der Waals surface area contributed by atoms with E-state index in [4.69, 9.17) is 4.99 Å². The van der Waals surface area contributed by atoms with Gasteiger partial charge in [-0.1, -0.05) is 42.5 Å². The number of guanidine groups is 1. The summed E-state index contributed by atoms with van der Waals surface area (Å²) in [6, 6.07) is 15.1. The maximum atomic E-state index is 12.0. The van der Waals surface area contributed by atoms with E-state index in [1.807, 2.05) is 0 Å². The zero-order valence-corrected chi connectivity index (χ0v) is 20.9. The molecule has 0 amide bonds. The van der Waals surface area contributed by atoms with Crippen molar-refractivity contribution in [2.75, 3.05) is 31.9 Å². The quantitative estimate of drug-likeness (QED) is 0.319. The van der Waals surface area contributed by atoms with Crippen LogP contribution in [0, 0.1) is 0 Å². The van der Waals surface area contributed by atoms with Crippen LogP contribution in [0.4, 0.5) is 0 Å². The Balaban J connectivity index is 0.00000320. The fraction of sp³-hybridized carbons (Fsp3) is 0.500. The molecule has 1 aliphatic rings. The van der Waals surface area contributed by atoms with Gasteiger partial charge in [0.25, 0.3) is 0 Å². The lowest BCUT2D eigenvalue weighted by molar-refractivity contribution is 0.306. The molecule has 2 N–H and O–H groups in total. The van der Waals surface area contributed by atoms with Crippen LogP contribution in [-0.4, -0.2) is 56.7 Å². The Labute approximate surface area is 197 Å². The number of benzene rings is 2. The third kappa shape index (κ3) is 6.55. The SMILES string of the molecule is CCNC(=NCCc1cccc2ccccc12)NC1CCN(S(=O)(=O)CC)CC1.I. The van der Waals surface area contributed by atoms with Gasteiger partial charge < -0.3 is 10.6 Å². The van der Waals surface area contributed by atoms with Gasteiger partial charge in [0.15, 0.2) is 5.96 Å². The van der Waals surface area contributed by atoms with E-state index in [1.165, 1.54) is 16.3 Å². The van der Waals surface area contributed by atoms with Gasteiger partial charge in [0.1, 0.15) is 0 Å². The van der Waals surface area contributed by atoms with Crippen LogP contribution in [0.5, 0.6) is 0 Å². The zero-order valence-electron chi connectivity index (χ0n) is 17.8. The molecule has 2 aromatic rings. The van der Waals surface area contributed by atoms with E-state index in [2.05, 4.69) is 60.0 Å². The highest BCUT2D eigenvalue weighted by Crippen LogP contribution is 2.19. The molecule has 166 valence electrons. The number of aliphatic imine (C=N–C) groups is 1. The minimum absolute atomic E-state index is 0. The number of hydrogen-bond donors (Lipinski definition) is 2. The van der Waals surface area contributed by atoms with Crippen molar-refractivity contribution in [3.8, 4) is 0 Å². The van der Waals surface area contributed by atoms with E-state index in [0.717, 1.165) is 31.8 Å². The molecule has 30 heavy (non-hydrogen) atoms. The van der Waals surface area contributed by atoms with Gasteiger partial charge in [-0.15, -0.1) is 24.0 Å². The van der Waals surface area contributed by atoms with Gasteiger partial charge in [-0.3, -0.25) is 4.99 Å². The standard InChI is InChI=1S/C22H32N4O2S.HI/c1-3-23-22(25-20-13-16-26(17-14-20)29(27,28)4-2)24-15-12-19-10-7-9-18-8-5-6-11-21(18)19;/h5-11,20H,3-4,12-17H2,1-2H3,(H2,23,24,25);1H. The van der Waals surface area contributed by atoms with Crippen LogP contribution >= 0.6 is 24.0 Å². The van der Waals surface area contributed by atoms with E-state index in [-0.39, 0.29) is 35.8 Å². The highest BCUT2D eigenvalue weighted by molar-refractivity contribution is 14.0. The van der Waals surface area contributed by atoms with Gasteiger partial charge in [-0.2, -0.15) is 0 Å². The number of piperidine rings is 1. The van der Waals surface area contributed by atoms with Gasteiger partial charge in [0, 0.05) is 32.2 Å². The second-order valence-electron chi connectivity index (χ2n) is 7.37. The highest BCUT2D eigenvalue weighted by atomic mass is 127. The maximum absolute atomic E-state index is 12.0. The molecule has 1 aliphatic heterocycles. The van der Waals surface area contributed by atoms with Crippen LogP contribution in [0.3, 0.4) is 0 Å². The van der Waals surface area contributed by atoms with Crippen LogP contribution in [0.1, 0.15) is 32.3 Å². The molecule has 0 unspecified atom stereocenters. The Hall–Kier alpha value is -1.39. The van der Waals surface area contributed by atoms with Crippen molar-refractivity contribution < 1.29 is 8.42 Å². The largest absolute Gasteiger partial charge is 0.357 e. The van der Waals surface area contributed by atoms with Crippen LogP contribution in [0.2, 0.25) is 0 Å². The first-order chi connectivity index (χ1) is 14.0. The molecular weight excluding hydrogens is 511 g/mol. The molecule has 1 saturated heterocycles. The average Bonchev–Trinajstić information content (AvgIpc) is 2.74. The van der Waals surface area contributed by atoms with Gasteiger partial charge >= 0.3 is 0 Å². The summed E-state index contributed by atoms with van der Waals surface area (Å²) in [6.07, 6.45) is 2.48. The van der Waals surface area contributed by atoms with Gasteiger partial charge in [-0.05, 0) is 49.4 Å². The Kier molecular flexibility index (Phi) is 9.83. The molecule has 3 rings (SSSR count). The lowest BCUT2D eigenvalue weighted by Crippen LogP contribution is -2.50. The van der Waals surface area contributed by atoms with Crippen molar-refractivity contribution in [2.24, 2.45) is 4.99 Å². The van der Waals surface area contributed by atoms with Gasteiger partial charge in [0.05, 0.1) is 5.75 Å². The molecule has 6 nitrogen and oxygen atoms in total. The van der Waals surface area contributed by atoms with E-state index in [0.29, 0.717) is 19.6 Å². The molecule has 1 heterocycles. The summed E-state index contributed by atoms with van der Waals surface area (Å²) in [5.41, 5.74) is 1.31. The molecule has 0 spiro atoms. The van der Waals surface area contributed by atoms with E-state index >= 15 is 0 Å². The summed E-state index contributed by atoms with van der Waals surface area (Å²) < 4.78 is 25.7. The van der Waals surface area contributed by atoms with Crippen LogP contribution in [0.15, 0.2) is 47.5 Å². The average molecular weight is 545 g/mol.